The molecule has 0 aliphatic carbocycles. The lowest BCUT2D eigenvalue weighted by molar-refractivity contribution is -0.139. The van der Waals surface area contributed by atoms with E-state index in [-0.39, 0.29) is 11.3 Å². The molecule has 20 heavy (non-hydrogen) atoms. The molecule has 1 aliphatic heterocycles. The zero-order valence-electron chi connectivity index (χ0n) is 11.3. The first-order valence-electron chi connectivity index (χ1n) is 5.80. The van der Waals surface area contributed by atoms with Crippen LogP contribution in [0, 0.1) is 0 Å². The molecule has 0 radical (unpaired) electrons. The molecule has 1 aromatic heterocycles. The Morgan fingerprint density at radius 3 is 2.40 bits per heavy atom. The van der Waals surface area contributed by atoms with E-state index in [9.17, 15) is 9.59 Å². The van der Waals surface area contributed by atoms with Gasteiger partial charge >= 0.3 is 11.9 Å². The van der Waals surface area contributed by atoms with Gasteiger partial charge in [-0.1, -0.05) is 6.07 Å². The van der Waals surface area contributed by atoms with Crippen molar-refractivity contribution in [3.8, 4) is 0 Å². The maximum Gasteiger partial charge on any atom is 0.359 e. The van der Waals surface area contributed by atoms with E-state index in [2.05, 4.69) is 19.9 Å². The molecular formula is C13H13N3O4. The Morgan fingerprint density at radius 1 is 1.15 bits per heavy atom. The standard InChI is InChI=1S/C13H13N3O4/c1-13(8-6-4-5-7-14-8)9(11(17)19-2)10(15-16-13)12(18)20-3/h4-7H,1-3H3. The maximum atomic E-state index is 12.0. The SMILES string of the molecule is COC(=O)C1=C(C(=O)OC)C(C)(c2ccccn2)N=N1. The molecule has 2 heterocycles. The molecule has 7 nitrogen and oxygen atoms in total. The minimum atomic E-state index is -1.17. The summed E-state index contributed by atoms with van der Waals surface area (Å²) in [5.74, 6) is -1.43. The van der Waals surface area contributed by atoms with Gasteiger partial charge in [-0.3, -0.25) is 4.98 Å². The van der Waals surface area contributed by atoms with Crippen LogP contribution >= 0.6 is 0 Å². The van der Waals surface area contributed by atoms with E-state index in [4.69, 9.17) is 4.74 Å². The molecule has 0 saturated carbocycles. The van der Waals surface area contributed by atoms with Crippen molar-refractivity contribution in [2.24, 2.45) is 10.2 Å². The summed E-state index contributed by atoms with van der Waals surface area (Å²) in [7, 11) is 2.43. The van der Waals surface area contributed by atoms with Crippen LogP contribution in [0.5, 0.6) is 0 Å². The Labute approximate surface area is 115 Å². The molecule has 0 spiro atoms. The average Bonchev–Trinajstić information content (AvgIpc) is 2.85. The van der Waals surface area contributed by atoms with Crippen LogP contribution in [0.25, 0.3) is 0 Å². The van der Waals surface area contributed by atoms with Crippen LogP contribution in [0.1, 0.15) is 12.6 Å². The van der Waals surface area contributed by atoms with Gasteiger partial charge in [-0.05, 0) is 19.1 Å². The minimum absolute atomic E-state index is 0.0190. The molecule has 1 aliphatic rings. The number of hydrogen-bond acceptors (Lipinski definition) is 7. The summed E-state index contributed by atoms with van der Waals surface area (Å²) in [5.41, 5.74) is -0.821. The van der Waals surface area contributed by atoms with Crippen molar-refractivity contribution < 1.29 is 19.1 Å². The molecule has 0 saturated heterocycles. The van der Waals surface area contributed by atoms with Crippen molar-refractivity contribution in [1.29, 1.82) is 0 Å². The van der Waals surface area contributed by atoms with Crippen molar-refractivity contribution in [1.82, 2.24) is 4.98 Å². The third kappa shape index (κ3) is 2.07. The van der Waals surface area contributed by atoms with Gasteiger partial charge in [-0.15, -0.1) is 5.11 Å². The molecule has 7 heteroatoms. The lowest BCUT2D eigenvalue weighted by atomic mass is 9.88. The number of azo groups is 1. The van der Waals surface area contributed by atoms with Gasteiger partial charge in [0, 0.05) is 6.20 Å². The fourth-order valence-corrected chi connectivity index (χ4v) is 1.95. The van der Waals surface area contributed by atoms with Gasteiger partial charge in [0.2, 0.25) is 0 Å². The summed E-state index contributed by atoms with van der Waals surface area (Å²) < 4.78 is 9.33. The van der Waals surface area contributed by atoms with E-state index in [1.54, 1.807) is 31.3 Å². The van der Waals surface area contributed by atoms with Crippen LogP contribution < -0.4 is 0 Å². The predicted molar refractivity (Wildman–Crippen MR) is 67.5 cm³/mol. The van der Waals surface area contributed by atoms with Gasteiger partial charge < -0.3 is 9.47 Å². The van der Waals surface area contributed by atoms with E-state index >= 15 is 0 Å². The van der Waals surface area contributed by atoms with Gasteiger partial charge in [0.25, 0.3) is 0 Å². The highest BCUT2D eigenvalue weighted by Gasteiger charge is 2.46. The van der Waals surface area contributed by atoms with E-state index in [1.807, 2.05) is 0 Å². The predicted octanol–water partition coefficient (Wildman–Crippen LogP) is 1.36. The van der Waals surface area contributed by atoms with Gasteiger partial charge in [-0.25, -0.2) is 9.59 Å². The number of esters is 2. The number of rotatable bonds is 3. The van der Waals surface area contributed by atoms with Crippen LogP contribution in [0.2, 0.25) is 0 Å². The Kier molecular flexibility index (Phi) is 3.60. The molecule has 0 N–H and O–H groups in total. The third-order valence-corrected chi connectivity index (χ3v) is 3.01. The molecule has 1 atom stereocenters. The zero-order valence-corrected chi connectivity index (χ0v) is 11.3. The van der Waals surface area contributed by atoms with Crippen molar-refractivity contribution in [2.75, 3.05) is 14.2 Å². The molecule has 1 unspecified atom stereocenters. The van der Waals surface area contributed by atoms with Crippen molar-refractivity contribution >= 4 is 11.9 Å². The summed E-state index contributed by atoms with van der Waals surface area (Å²) in [6.45, 7) is 1.64. The highest BCUT2D eigenvalue weighted by atomic mass is 16.5. The fraction of sp³-hybridized carbons (Fsp3) is 0.308. The number of ether oxygens (including phenoxy) is 2. The van der Waals surface area contributed by atoms with Gasteiger partial charge in [0.05, 0.1) is 19.9 Å². The monoisotopic (exact) mass is 275 g/mol. The number of aromatic nitrogens is 1. The topological polar surface area (TPSA) is 90.2 Å². The molecule has 2 rings (SSSR count). The zero-order chi connectivity index (χ0) is 14.8. The van der Waals surface area contributed by atoms with Gasteiger partial charge in [0.15, 0.2) is 11.2 Å². The number of methoxy groups -OCH3 is 2. The second kappa shape index (κ2) is 5.20. The van der Waals surface area contributed by atoms with Crippen molar-refractivity contribution in [2.45, 2.75) is 12.5 Å². The van der Waals surface area contributed by atoms with E-state index in [0.717, 1.165) is 0 Å². The smallest absolute Gasteiger partial charge is 0.359 e. The quantitative estimate of drug-likeness (QED) is 0.777. The summed E-state index contributed by atoms with van der Waals surface area (Å²) >= 11 is 0. The number of nitrogens with zero attached hydrogens (tertiary/aromatic N) is 3. The molecule has 1 aromatic rings. The Balaban J connectivity index is 2.61. The minimum Gasteiger partial charge on any atom is -0.466 e. The highest BCUT2D eigenvalue weighted by Crippen LogP contribution is 2.40. The second-order valence-electron chi connectivity index (χ2n) is 4.19. The number of carbonyl (C=O) groups excluding carboxylic acids is 2. The Hall–Kier alpha value is -2.57. The maximum absolute atomic E-state index is 12.0. The van der Waals surface area contributed by atoms with Crippen LogP contribution in [-0.4, -0.2) is 31.1 Å². The van der Waals surface area contributed by atoms with Crippen LogP contribution in [-0.2, 0) is 24.6 Å². The van der Waals surface area contributed by atoms with E-state index < -0.39 is 17.5 Å². The van der Waals surface area contributed by atoms with Crippen LogP contribution in [0.4, 0.5) is 0 Å². The molecule has 0 aromatic carbocycles. The lowest BCUT2D eigenvalue weighted by Gasteiger charge is -2.21. The number of carbonyl (C=O) groups is 2. The highest BCUT2D eigenvalue weighted by molar-refractivity contribution is 6.02. The first-order valence-corrected chi connectivity index (χ1v) is 5.80. The van der Waals surface area contributed by atoms with Crippen LogP contribution in [0.3, 0.4) is 0 Å². The van der Waals surface area contributed by atoms with Gasteiger partial charge in [-0.2, -0.15) is 5.11 Å². The molecule has 0 amide bonds. The van der Waals surface area contributed by atoms with E-state index in [0.29, 0.717) is 5.69 Å². The Bertz CT molecular complexity index is 609. The molecule has 0 fully saturated rings. The average molecular weight is 275 g/mol. The first-order chi connectivity index (χ1) is 9.54. The summed E-state index contributed by atoms with van der Waals surface area (Å²) in [6.07, 6.45) is 1.57. The third-order valence-electron chi connectivity index (χ3n) is 3.01. The van der Waals surface area contributed by atoms with E-state index in [1.165, 1.54) is 14.2 Å². The number of pyridine rings is 1. The lowest BCUT2D eigenvalue weighted by Crippen LogP contribution is -2.28. The molecular weight excluding hydrogens is 262 g/mol. The normalized spacial score (nSPS) is 20.9. The summed E-state index contributed by atoms with van der Waals surface area (Å²) in [5, 5.41) is 7.80. The Morgan fingerprint density at radius 2 is 1.85 bits per heavy atom. The second-order valence-corrected chi connectivity index (χ2v) is 4.19. The summed E-state index contributed by atoms with van der Waals surface area (Å²) in [4.78, 5) is 27.9. The fourth-order valence-electron chi connectivity index (χ4n) is 1.95. The summed E-state index contributed by atoms with van der Waals surface area (Å²) in [6, 6.07) is 5.19. The number of hydrogen-bond donors (Lipinski definition) is 0. The largest absolute Gasteiger partial charge is 0.466 e. The molecule has 104 valence electrons. The van der Waals surface area contributed by atoms with Crippen molar-refractivity contribution in [3.05, 3.63) is 41.4 Å². The van der Waals surface area contributed by atoms with Crippen molar-refractivity contribution in [3.63, 3.8) is 0 Å². The van der Waals surface area contributed by atoms with Crippen LogP contribution in [0.15, 0.2) is 45.9 Å². The van der Waals surface area contributed by atoms with Gasteiger partial charge in [0.1, 0.15) is 5.57 Å². The molecule has 0 bridgehead atoms. The first kappa shape index (κ1) is 13.9.